The number of anilines is 1. The van der Waals surface area contributed by atoms with Crippen LogP contribution in [-0.2, 0) is 15.7 Å². The van der Waals surface area contributed by atoms with Gasteiger partial charge in [-0.2, -0.15) is 13.2 Å². The van der Waals surface area contributed by atoms with Crippen LogP contribution in [0.2, 0.25) is 0 Å². The lowest BCUT2D eigenvalue weighted by Crippen LogP contribution is -2.28. The Kier molecular flexibility index (Phi) is 6.61. The number of nitrogens with zero attached hydrogens (tertiary/aromatic N) is 1. The van der Waals surface area contributed by atoms with Crippen molar-refractivity contribution in [2.24, 2.45) is 0 Å². The summed E-state index contributed by atoms with van der Waals surface area (Å²) in [5.74, 6) is -1.37. The van der Waals surface area contributed by atoms with E-state index in [1.807, 2.05) is 0 Å². The first-order valence-corrected chi connectivity index (χ1v) is 9.85. The summed E-state index contributed by atoms with van der Waals surface area (Å²) in [4.78, 5) is 44.7. The molecular weight excluding hydrogens is 427 g/mol. The second-order valence-electron chi connectivity index (χ2n) is 6.88. The Balaban J connectivity index is 2.28. The largest absolute Gasteiger partial charge is 0.456 e. The van der Waals surface area contributed by atoms with Crippen molar-refractivity contribution >= 4 is 28.6 Å². The number of hydrogen-bond donors (Lipinski definition) is 2. The molecule has 7 nitrogen and oxygen atoms in total. The molecule has 168 valence electrons. The van der Waals surface area contributed by atoms with E-state index in [0.29, 0.717) is 0 Å². The third-order valence-corrected chi connectivity index (χ3v) is 4.76. The summed E-state index contributed by atoms with van der Waals surface area (Å²) in [6.45, 7) is 3.17. The van der Waals surface area contributed by atoms with Crippen LogP contribution in [-0.4, -0.2) is 21.8 Å². The number of H-pyrrole nitrogens is 1. The minimum absolute atomic E-state index is 0.0115. The monoisotopic (exact) mass is 447 g/mol. The van der Waals surface area contributed by atoms with Gasteiger partial charge in [-0.15, -0.1) is 0 Å². The molecule has 0 bridgehead atoms. The molecule has 0 spiro atoms. The summed E-state index contributed by atoms with van der Waals surface area (Å²) < 4.78 is 46.1. The Morgan fingerprint density at radius 3 is 2.50 bits per heavy atom. The number of pyridine rings is 2. The summed E-state index contributed by atoms with van der Waals surface area (Å²) in [5.41, 5.74) is -3.13. The summed E-state index contributed by atoms with van der Waals surface area (Å²) in [6, 6.07) is 7.85. The van der Waals surface area contributed by atoms with Gasteiger partial charge in [-0.25, -0.2) is 4.98 Å². The molecular formula is C22H20F3N3O4. The molecule has 0 radical (unpaired) electrons. The highest BCUT2D eigenvalue weighted by atomic mass is 19.4. The van der Waals surface area contributed by atoms with Crippen molar-refractivity contribution in [3.8, 4) is 0 Å². The zero-order valence-electron chi connectivity index (χ0n) is 17.2. The van der Waals surface area contributed by atoms with E-state index in [9.17, 15) is 27.6 Å². The molecule has 0 aliphatic heterocycles. The van der Waals surface area contributed by atoms with Gasteiger partial charge in [-0.05, 0) is 30.7 Å². The molecule has 3 rings (SSSR count). The minimum atomic E-state index is -4.75. The van der Waals surface area contributed by atoms with Crippen molar-refractivity contribution < 1.29 is 27.5 Å². The highest BCUT2D eigenvalue weighted by molar-refractivity contribution is 6.06. The predicted molar refractivity (Wildman–Crippen MR) is 111 cm³/mol. The van der Waals surface area contributed by atoms with Gasteiger partial charge in [0.1, 0.15) is 17.5 Å². The fraction of sp³-hybridized carbons (Fsp3) is 0.273. The van der Waals surface area contributed by atoms with Gasteiger partial charge in [0.2, 0.25) is 5.43 Å². The average Bonchev–Trinajstić information content (AvgIpc) is 2.76. The van der Waals surface area contributed by atoms with Crippen LogP contribution in [0.25, 0.3) is 10.9 Å². The molecule has 2 N–H and O–H groups in total. The van der Waals surface area contributed by atoms with Crippen molar-refractivity contribution in [1.82, 2.24) is 9.97 Å². The SMILES string of the molecule is CCC(=O)OC(CC)c1[nH]c2c(C(F)(F)F)cccc2c(=O)c1C(=O)Nc1ccccn1. The Morgan fingerprint density at radius 1 is 1.16 bits per heavy atom. The van der Waals surface area contributed by atoms with Crippen LogP contribution in [0.5, 0.6) is 0 Å². The summed E-state index contributed by atoms with van der Waals surface area (Å²) >= 11 is 0. The quantitative estimate of drug-likeness (QED) is 0.538. The molecule has 1 aromatic carbocycles. The normalized spacial score (nSPS) is 12.4. The molecule has 0 aliphatic carbocycles. The number of para-hydroxylation sites is 1. The topological polar surface area (TPSA) is 101 Å². The van der Waals surface area contributed by atoms with Crippen molar-refractivity contribution in [2.45, 2.75) is 39.0 Å². The molecule has 0 aliphatic rings. The third kappa shape index (κ3) is 4.63. The number of alkyl halides is 3. The van der Waals surface area contributed by atoms with Gasteiger partial charge in [0.05, 0.1) is 16.8 Å². The number of carbonyl (C=O) groups excluding carboxylic acids is 2. The number of benzene rings is 1. The van der Waals surface area contributed by atoms with E-state index < -0.39 is 46.2 Å². The standard InChI is InChI=1S/C22H20F3N3O4/c1-3-14(32-16(29)4-2)19-17(21(31)27-15-10-5-6-11-26-15)20(30)12-8-7-9-13(18(12)28-19)22(23,24)25/h5-11,14H,3-4H2,1-2H3,(H,28,30)(H,26,27,31). The number of esters is 1. The fourth-order valence-corrected chi connectivity index (χ4v) is 3.24. The van der Waals surface area contributed by atoms with Gasteiger partial charge in [0.25, 0.3) is 5.91 Å². The number of halogens is 3. The number of rotatable bonds is 6. The first-order valence-electron chi connectivity index (χ1n) is 9.85. The van der Waals surface area contributed by atoms with E-state index >= 15 is 0 Å². The van der Waals surface area contributed by atoms with E-state index in [-0.39, 0.29) is 29.7 Å². The Labute approximate surface area is 180 Å². The Bertz CT molecular complexity index is 1210. The highest BCUT2D eigenvalue weighted by Crippen LogP contribution is 2.34. The number of nitrogens with one attached hydrogen (secondary N) is 2. The van der Waals surface area contributed by atoms with Gasteiger partial charge in [-0.1, -0.05) is 26.0 Å². The molecule has 32 heavy (non-hydrogen) atoms. The minimum Gasteiger partial charge on any atom is -0.456 e. The maximum Gasteiger partial charge on any atom is 0.418 e. The molecule has 2 aromatic heterocycles. The first-order chi connectivity index (χ1) is 15.2. The molecule has 1 amide bonds. The highest BCUT2D eigenvalue weighted by Gasteiger charge is 2.35. The van der Waals surface area contributed by atoms with Gasteiger partial charge >= 0.3 is 12.1 Å². The number of fused-ring (bicyclic) bond motifs is 1. The number of amides is 1. The molecule has 1 unspecified atom stereocenters. The molecule has 0 fully saturated rings. The van der Waals surface area contributed by atoms with E-state index in [2.05, 4.69) is 15.3 Å². The number of ether oxygens (including phenoxy) is 1. The Hall–Kier alpha value is -3.69. The predicted octanol–water partition coefficient (Wildman–Crippen LogP) is 4.60. The van der Waals surface area contributed by atoms with Crippen LogP contribution in [0.15, 0.2) is 47.4 Å². The summed E-state index contributed by atoms with van der Waals surface area (Å²) in [5, 5.41) is 2.15. The van der Waals surface area contributed by atoms with Crippen molar-refractivity contribution in [2.75, 3.05) is 5.32 Å². The third-order valence-electron chi connectivity index (χ3n) is 4.76. The van der Waals surface area contributed by atoms with Crippen molar-refractivity contribution in [1.29, 1.82) is 0 Å². The average molecular weight is 447 g/mol. The number of carbonyl (C=O) groups is 2. The van der Waals surface area contributed by atoms with Gasteiger partial charge in [0.15, 0.2) is 0 Å². The van der Waals surface area contributed by atoms with E-state index in [4.69, 9.17) is 4.74 Å². The van der Waals surface area contributed by atoms with Crippen molar-refractivity contribution in [3.63, 3.8) is 0 Å². The second-order valence-corrected chi connectivity index (χ2v) is 6.88. The van der Waals surface area contributed by atoms with E-state index in [1.54, 1.807) is 26.0 Å². The maximum absolute atomic E-state index is 13.6. The smallest absolute Gasteiger partial charge is 0.418 e. The number of hydrogen-bond acceptors (Lipinski definition) is 5. The van der Waals surface area contributed by atoms with Crippen LogP contribution in [0.1, 0.15) is 54.4 Å². The zero-order valence-corrected chi connectivity index (χ0v) is 17.2. The lowest BCUT2D eigenvalue weighted by molar-refractivity contribution is -0.149. The second kappa shape index (κ2) is 9.21. The Morgan fingerprint density at radius 2 is 1.91 bits per heavy atom. The van der Waals surface area contributed by atoms with Gasteiger partial charge < -0.3 is 15.0 Å². The molecule has 2 heterocycles. The number of aromatic nitrogens is 2. The zero-order chi connectivity index (χ0) is 23.5. The van der Waals surface area contributed by atoms with Crippen LogP contribution >= 0.6 is 0 Å². The fourth-order valence-electron chi connectivity index (χ4n) is 3.24. The van der Waals surface area contributed by atoms with Gasteiger partial charge in [-0.3, -0.25) is 14.4 Å². The lowest BCUT2D eigenvalue weighted by Gasteiger charge is -2.21. The van der Waals surface area contributed by atoms with Gasteiger partial charge in [0, 0.05) is 18.0 Å². The van der Waals surface area contributed by atoms with E-state index in [0.717, 1.165) is 12.1 Å². The molecule has 1 atom stereocenters. The van der Waals surface area contributed by atoms with Crippen LogP contribution < -0.4 is 10.7 Å². The molecule has 10 heteroatoms. The molecule has 0 saturated heterocycles. The molecule has 0 saturated carbocycles. The molecule has 3 aromatic rings. The summed E-state index contributed by atoms with van der Waals surface area (Å²) in [6.07, 6.45) is -4.33. The van der Waals surface area contributed by atoms with Crippen molar-refractivity contribution in [3.05, 3.63) is 69.6 Å². The lowest BCUT2D eigenvalue weighted by atomic mass is 10.0. The summed E-state index contributed by atoms with van der Waals surface area (Å²) in [7, 11) is 0. The van der Waals surface area contributed by atoms with E-state index in [1.165, 1.54) is 18.3 Å². The van der Waals surface area contributed by atoms with Crippen LogP contribution in [0.3, 0.4) is 0 Å². The first kappa shape index (κ1) is 23.0. The van der Waals surface area contributed by atoms with Crippen LogP contribution in [0.4, 0.5) is 19.0 Å². The number of aromatic amines is 1. The van der Waals surface area contributed by atoms with Crippen LogP contribution in [0, 0.1) is 0 Å². The maximum atomic E-state index is 13.6.